The summed E-state index contributed by atoms with van der Waals surface area (Å²) in [5, 5.41) is 0. The van der Waals surface area contributed by atoms with Crippen LogP contribution in [0.3, 0.4) is 0 Å². The number of hydrogen-bond donors (Lipinski definition) is 0. The molecule has 4 aliphatic rings. The Labute approximate surface area is 108 Å². The lowest BCUT2D eigenvalue weighted by atomic mass is 9.48. The van der Waals surface area contributed by atoms with Crippen molar-refractivity contribution >= 4 is 5.97 Å². The lowest BCUT2D eigenvalue weighted by Crippen LogP contribution is -2.63. The summed E-state index contributed by atoms with van der Waals surface area (Å²) in [6, 6.07) is 0. The first-order valence-electron chi connectivity index (χ1n) is 7.05. The molecule has 0 N–H and O–H groups in total. The van der Waals surface area contributed by atoms with Crippen molar-refractivity contribution in [1.29, 1.82) is 0 Å². The molecule has 0 amide bonds. The number of halogens is 1. The van der Waals surface area contributed by atoms with Gasteiger partial charge in [0.05, 0.1) is 0 Å². The second kappa shape index (κ2) is 3.82. The SMILES string of the molecule is C=CC(=O)OC1(CC)C2CC3CC1CC(F)(C3)C2. The Morgan fingerprint density at radius 1 is 1.39 bits per heavy atom. The van der Waals surface area contributed by atoms with Gasteiger partial charge < -0.3 is 4.74 Å². The van der Waals surface area contributed by atoms with E-state index in [9.17, 15) is 9.18 Å². The number of hydrogen-bond acceptors (Lipinski definition) is 2. The van der Waals surface area contributed by atoms with Crippen LogP contribution in [0.5, 0.6) is 0 Å². The normalized spacial score (nSPS) is 49.1. The van der Waals surface area contributed by atoms with Crippen LogP contribution < -0.4 is 0 Å². The molecule has 2 nitrogen and oxygen atoms in total. The van der Waals surface area contributed by atoms with E-state index in [1.807, 2.05) is 0 Å². The minimum atomic E-state index is -0.976. The van der Waals surface area contributed by atoms with Crippen LogP contribution in [0.1, 0.15) is 45.4 Å². The molecule has 0 aromatic rings. The second-order valence-corrected chi connectivity index (χ2v) is 6.43. The van der Waals surface area contributed by atoms with Crippen LogP contribution in [0.15, 0.2) is 12.7 Å². The molecule has 4 rings (SSSR count). The standard InChI is InChI=1S/C15H21FO2/c1-3-13(17)18-15(4-2)11-5-10-6-12(15)9-14(16,7-10)8-11/h3,10-12H,1,4-9H2,2H3. The van der Waals surface area contributed by atoms with Crippen molar-refractivity contribution in [1.82, 2.24) is 0 Å². The van der Waals surface area contributed by atoms with Crippen molar-refractivity contribution in [3.63, 3.8) is 0 Å². The molecular formula is C15H21FO2. The molecule has 0 heterocycles. The Morgan fingerprint density at radius 3 is 2.44 bits per heavy atom. The van der Waals surface area contributed by atoms with E-state index in [0.717, 1.165) is 25.7 Å². The van der Waals surface area contributed by atoms with Gasteiger partial charge in [0.15, 0.2) is 0 Å². The Bertz CT molecular complexity index is 374. The maximum Gasteiger partial charge on any atom is 0.330 e. The molecule has 0 aromatic heterocycles. The number of esters is 1. The predicted molar refractivity (Wildman–Crippen MR) is 66.7 cm³/mol. The molecule has 4 aliphatic carbocycles. The first kappa shape index (κ1) is 12.2. The Hall–Kier alpha value is -0.860. The fourth-order valence-corrected chi connectivity index (χ4v) is 5.01. The highest BCUT2D eigenvalue weighted by Crippen LogP contribution is 2.63. The number of carbonyl (C=O) groups is 1. The smallest absolute Gasteiger partial charge is 0.330 e. The van der Waals surface area contributed by atoms with Crippen LogP contribution in [-0.4, -0.2) is 17.2 Å². The van der Waals surface area contributed by atoms with Gasteiger partial charge in [0.1, 0.15) is 11.3 Å². The van der Waals surface area contributed by atoms with Crippen molar-refractivity contribution in [2.45, 2.75) is 56.7 Å². The van der Waals surface area contributed by atoms with Gasteiger partial charge in [-0.05, 0) is 44.4 Å². The van der Waals surface area contributed by atoms with E-state index in [-0.39, 0.29) is 17.8 Å². The maximum atomic E-state index is 14.6. The fourth-order valence-electron chi connectivity index (χ4n) is 5.01. The first-order valence-corrected chi connectivity index (χ1v) is 7.05. The Balaban J connectivity index is 1.92. The number of ether oxygens (including phenoxy) is 1. The van der Waals surface area contributed by atoms with Crippen LogP contribution in [0, 0.1) is 17.8 Å². The largest absolute Gasteiger partial charge is 0.455 e. The van der Waals surface area contributed by atoms with Crippen molar-refractivity contribution in [2.75, 3.05) is 0 Å². The molecule has 2 atom stereocenters. The fraction of sp³-hybridized carbons (Fsp3) is 0.800. The van der Waals surface area contributed by atoms with Crippen LogP contribution in [0.25, 0.3) is 0 Å². The molecule has 2 unspecified atom stereocenters. The first-order chi connectivity index (χ1) is 8.51. The Morgan fingerprint density at radius 2 is 2.00 bits per heavy atom. The monoisotopic (exact) mass is 252 g/mol. The zero-order valence-electron chi connectivity index (χ0n) is 11.0. The van der Waals surface area contributed by atoms with E-state index in [1.54, 1.807) is 0 Å². The van der Waals surface area contributed by atoms with Crippen LogP contribution in [0.2, 0.25) is 0 Å². The lowest BCUT2D eigenvalue weighted by molar-refractivity contribution is -0.225. The van der Waals surface area contributed by atoms with Gasteiger partial charge >= 0.3 is 5.97 Å². The number of carbonyl (C=O) groups excluding carboxylic acids is 1. The van der Waals surface area contributed by atoms with E-state index in [0.29, 0.717) is 18.8 Å². The summed E-state index contributed by atoms with van der Waals surface area (Å²) in [4.78, 5) is 11.6. The summed E-state index contributed by atoms with van der Waals surface area (Å²) in [5.41, 5.74) is -1.40. The van der Waals surface area contributed by atoms with Gasteiger partial charge in [-0.1, -0.05) is 13.5 Å². The third kappa shape index (κ3) is 1.55. The van der Waals surface area contributed by atoms with Gasteiger partial charge in [-0.3, -0.25) is 0 Å². The summed E-state index contributed by atoms with van der Waals surface area (Å²) in [6.45, 7) is 5.53. The van der Waals surface area contributed by atoms with E-state index in [4.69, 9.17) is 4.74 Å². The van der Waals surface area contributed by atoms with E-state index < -0.39 is 11.3 Å². The number of alkyl halides is 1. The molecule has 4 saturated carbocycles. The lowest BCUT2D eigenvalue weighted by Gasteiger charge is -2.61. The highest BCUT2D eigenvalue weighted by atomic mass is 19.1. The quantitative estimate of drug-likeness (QED) is 0.568. The van der Waals surface area contributed by atoms with Crippen molar-refractivity contribution < 1.29 is 13.9 Å². The van der Waals surface area contributed by atoms with Gasteiger partial charge in [-0.15, -0.1) is 0 Å². The predicted octanol–water partition coefficient (Wildman–Crippen LogP) is 3.41. The maximum absolute atomic E-state index is 14.6. The molecule has 4 fully saturated rings. The topological polar surface area (TPSA) is 26.3 Å². The molecule has 100 valence electrons. The third-order valence-corrected chi connectivity index (χ3v) is 5.51. The summed E-state index contributed by atoms with van der Waals surface area (Å²) >= 11 is 0. The van der Waals surface area contributed by atoms with Gasteiger partial charge in [0, 0.05) is 17.9 Å². The molecule has 0 aromatic carbocycles. The van der Waals surface area contributed by atoms with Crippen molar-refractivity contribution in [2.24, 2.45) is 17.8 Å². The molecule has 3 heteroatoms. The average molecular weight is 252 g/mol. The van der Waals surface area contributed by atoms with Crippen molar-refractivity contribution in [3.8, 4) is 0 Å². The summed E-state index contributed by atoms with van der Waals surface area (Å²) < 4.78 is 20.4. The van der Waals surface area contributed by atoms with Gasteiger partial charge in [-0.2, -0.15) is 0 Å². The highest BCUT2D eigenvalue weighted by molar-refractivity contribution is 5.81. The summed E-state index contributed by atoms with van der Waals surface area (Å²) in [7, 11) is 0. The van der Waals surface area contributed by atoms with E-state index >= 15 is 0 Å². The van der Waals surface area contributed by atoms with Crippen LogP contribution >= 0.6 is 0 Å². The van der Waals surface area contributed by atoms with Crippen molar-refractivity contribution in [3.05, 3.63) is 12.7 Å². The molecule has 0 radical (unpaired) electrons. The zero-order valence-corrected chi connectivity index (χ0v) is 11.0. The molecule has 0 saturated heterocycles. The van der Waals surface area contributed by atoms with Crippen LogP contribution in [-0.2, 0) is 9.53 Å². The van der Waals surface area contributed by atoms with E-state index in [1.165, 1.54) is 6.08 Å². The molecule has 0 spiro atoms. The molecule has 18 heavy (non-hydrogen) atoms. The second-order valence-electron chi connectivity index (χ2n) is 6.43. The minimum absolute atomic E-state index is 0.211. The molecular weight excluding hydrogens is 231 g/mol. The number of rotatable bonds is 3. The average Bonchev–Trinajstić information content (AvgIpc) is 2.31. The van der Waals surface area contributed by atoms with Gasteiger partial charge in [0.25, 0.3) is 0 Å². The zero-order chi connectivity index (χ0) is 13.0. The highest BCUT2D eigenvalue weighted by Gasteiger charge is 2.63. The van der Waals surface area contributed by atoms with Gasteiger partial charge in [0.2, 0.25) is 0 Å². The molecule has 0 aliphatic heterocycles. The summed E-state index contributed by atoms with van der Waals surface area (Å²) in [6.07, 6.45) is 5.98. The summed E-state index contributed by atoms with van der Waals surface area (Å²) in [5.74, 6) is 0.581. The third-order valence-electron chi connectivity index (χ3n) is 5.51. The van der Waals surface area contributed by atoms with Crippen LogP contribution in [0.4, 0.5) is 4.39 Å². The van der Waals surface area contributed by atoms with E-state index in [2.05, 4.69) is 13.5 Å². The minimum Gasteiger partial charge on any atom is -0.455 e. The van der Waals surface area contributed by atoms with Gasteiger partial charge in [-0.25, -0.2) is 9.18 Å². The Kier molecular flexibility index (Phi) is 2.58. The molecule has 4 bridgehead atoms.